The monoisotopic (exact) mass is 520 g/mol. The molecule has 5 rings (SSSR count). The average Bonchev–Trinajstić information content (AvgIpc) is 3.69. The summed E-state index contributed by atoms with van der Waals surface area (Å²) in [5.41, 5.74) is 1.10. The van der Waals surface area contributed by atoms with Gasteiger partial charge in [0.2, 0.25) is 0 Å². The lowest BCUT2D eigenvalue weighted by atomic mass is 9.82. The number of carbonyl (C=O) groups excluding carboxylic acids is 1. The molecule has 1 aliphatic carbocycles. The third-order valence-electron chi connectivity index (χ3n) is 7.41. The minimum Gasteiger partial charge on any atom is -0.490 e. The second kappa shape index (κ2) is 10.4. The zero-order chi connectivity index (χ0) is 26.9. The van der Waals surface area contributed by atoms with Gasteiger partial charge in [-0.25, -0.2) is 14.4 Å². The minimum absolute atomic E-state index is 0.0501. The maximum atomic E-state index is 13.7. The fraction of sp³-hybridized carbons (Fsp3) is 0.448. The van der Waals surface area contributed by atoms with Crippen LogP contribution in [0.4, 0.5) is 4.39 Å². The van der Waals surface area contributed by atoms with Crippen molar-refractivity contribution in [2.75, 3.05) is 26.8 Å². The Morgan fingerprint density at radius 1 is 1.26 bits per heavy atom. The summed E-state index contributed by atoms with van der Waals surface area (Å²) < 4.78 is 24.9. The maximum Gasteiger partial charge on any atom is 0.316 e. The Bertz CT molecular complexity index is 1330. The Hall–Kier alpha value is -3.43. The number of hydrogen-bond acceptors (Lipinski definition) is 8. The Morgan fingerprint density at radius 2 is 2.03 bits per heavy atom. The van der Waals surface area contributed by atoms with Crippen molar-refractivity contribution in [2.24, 2.45) is 5.92 Å². The van der Waals surface area contributed by atoms with Crippen molar-refractivity contribution in [3.05, 3.63) is 65.4 Å². The first-order valence-corrected chi connectivity index (χ1v) is 13.0. The fourth-order valence-electron chi connectivity index (χ4n) is 4.74. The van der Waals surface area contributed by atoms with E-state index >= 15 is 0 Å². The predicted molar refractivity (Wildman–Crippen MR) is 140 cm³/mol. The first-order valence-electron chi connectivity index (χ1n) is 13.0. The van der Waals surface area contributed by atoms with E-state index in [4.69, 9.17) is 14.5 Å². The van der Waals surface area contributed by atoms with Crippen molar-refractivity contribution in [3.8, 4) is 23.0 Å². The van der Waals surface area contributed by atoms with E-state index in [9.17, 15) is 14.3 Å². The average molecular weight is 521 g/mol. The van der Waals surface area contributed by atoms with Crippen LogP contribution in [-0.4, -0.2) is 52.6 Å². The molecule has 2 aromatic heterocycles. The van der Waals surface area contributed by atoms with Crippen LogP contribution < -0.4 is 14.8 Å². The van der Waals surface area contributed by atoms with Crippen LogP contribution in [0.2, 0.25) is 0 Å². The third kappa shape index (κ3) is 5.54. The molecule has 38 heavy (non-hydrogen) atoms. The van der Waals surface area contributed by atoms with Gasteiger partial charge in [-0.05, 0) is 75.0 Å². The van der Waals surface area contributed by atoms with E-state index in [1.165, 1.54) is 44.3 Å². The van der Waals surface area contributed by atoms with E-state index in [0.717, 1.165) is 24.6 Å². The summed E-state index contributed by atoms with van der Waals surface area (Å²) in [6.07, 6.45) is 4.18. The first kappa shape index (κ1) is 26.2. The van der Waals surface area contributed by atoms with Gasteiger partial charge in [-0.1, -0.05) is 6.92 Å². The normalized spacial score (nSPS) is 19.9. The van der Waals surface area contributed by atoms with Gasteiger partial charge in [0.1, 0.15) is 28.6 Å². The second-order valence-corrected chi connectivity index (χ2v) is 10.8. The number of benzene rings is 1. The van der Waals surface area contributed by atoms with E-state index < -0.39 is 5.60 Å². The van der Waals surface area contributed by atoms with Crippen LogP contribution in [0.25, 0.3) is 11.3 Å². The number of rotatable bonds is 11. The number of aromatic nitrogens is 3. The molecule has 0 unspecified atom stereocenters. The third-order valence-corrected chi connectivity index (χ3v) is 7.41. The Morgan fingerprint density at radius 3 is 2.74 bits per heavy atom. The highest BCUT2D eigenvalue weighted by Crippen LogP contribution is 2.46. The molecule has 3 heterocycles. The molecule has 1 aromatic carbocycles. The molecule has 0 spiro atoms. The molecule has 8 nitrogen and oxygen atoms in total. The predicted octanol–water partition coefficient (Wildman–Crippen LogP) is 4.21. The van der Waals surface area contributed by atoms with Crippen LogP contribution in [0.5, 0.6) is 11.8 Å². The van der Waals surface area contributed by atoms with Gasteiger partial charge >= 0.3 is 6.01 Å². The van der Waals surface area contributed by atoms with Crippen LogP contribution in [0.1, 0.15) is 61.3 Å². The number of nitrogens with one attached hydrogen (secondary N) is 1. The van der Waals surface area contributed by atoms with E-state index in [0.29, 0.717) is 29.3 Å². The van der Waals surface area contributed by atoms with Gasteiger partial charge in [0.15, 0.2) is 5.78 Å². The number of aliphatic hydroxyl groups is 1. The summed E-state index contributed by atoms with van der Waals surface area (Å²) in [5.74, 6) is 0.819. The van der Waals surface area contributed by atoms with Crippen molar-refractivity contribution in [2.45, 2.75) is 50.5 Å². The quantitative estimate of drug-likeness (QED) is 0.362. The Kier molecular flexibility index (Phi) is 7.15. The lowest BCUT2D eigenvalue weighted by Gasteiger charge is -2.27. The number of halogens is 1. The molecule has 1 fully saturated rings. The molecule has 9 heteroatoms. The molecule has 3 aromatic rings. The van der Waals surface area contributed by atoms with Gasteiger partial charge in [-0.15, -0.1) is 0 Å². The number of methoxy groups -OCH3 is 1. The molecule has 1 aliphatic heterocycles. The van der Waals surface area contributed by atoms with Gasteiger partial charge in [0, 0.05) is 35.7 Å². The molecule has 0 saturated heterocycles. The van der Waals surface area contributed by atoms with Crippen molar-refractivity contribution in [3.63, 3.8) is 0 Å². The largest absolute Gasteiger partial charge is 0.490 e. The van der Waals surface area contributed by atoms with Crippen molar-refractivity contribution >= 4 is 5.78 Å². The topological polar surface area (TPSA) is 106 Å². The van der Waals surface area contributed by atoms with Crippen molar-refractivity contribution in [1.29, 1.82) is 0 Å². The smallest absolute Gasteiger partial charge is 0.316 e. The van der Waals surface area contributed by atoms with Crippen LogP contribution in [0.15, 0.2) is 42.6 Å². The highest BCUT2D eigenvalue weighted by molar-refractivity contribution is 5.94. The minimum atomic E-state index is -1.42. The number of Topliss-reactive ketones (excluding diaryl/α,β-unsaturated/α-hetero) is 1. The summed E-state index contributed by atoms with van der Waals surface area (Å²) in [7, 11) is 1.44. The molecule has 0 amide bonds. The number of nitrogens with zero attached hydrogens (tertiary/aromatic N) is 3. The molecule has 0 bridgehead atoms. The molecule has 2 N–H and O–H groups in total. The zero-order valence-electron chi connectivity index (χ0n) is 22.0. The van der Waals surface area contributed by atoms with Gasteiger partial charge in [-0.2, -0.15) is 4.98 Å². The highest BCUT2D eigenvalue weighted by Gasteiger charge is 2.41. The number of pyridine rings is 1. The number of ketones is 1. The van der Waals surface area contributed by atoms with Crippen LogP contribution >= 0.6 is 0 Å². The lowest BCUT2D eigenvalue weighted by molar-refractivity contribution is 0.0396. The summed E-state index contributed by atoms with van der Waals surface area (Å²) in [6, 6.07) is 9.62. The highest BCUT2D eigenvalue weighted by atomic mass is 19.1. The molecule has 2 aliphatic rings. The SMILES string of the molecule is COc1nccc(C(=O)CC[C@](C)(O)c2cc3c(c(-c4ccc(F)cc4)n2)OC[C@]3(C)CNCC2CC2)n1. The number of hydrogen-bond donors (Lipinski definition) is 2. The fourth-order valence-corrected chi connectivity index (χ4v) is 4.74. The first-order chi connectivity index (χ1) is 18.2. The molecular weight excluding hydrogens is 487 g/mol. The Labute approximate surface area is 221 Å². The van der Waals surface area contributed by atoms with Gasteiger partial charge in [-0.3, -0.25) is 4.79 Å². The van der Waals surface area contributed by atoms with Gasteiger partial charge < -0.3 is 19.9 Å². The van der Waals surface area contributed by atoms with Crippen LogP contribution in [0, 0.1) is 11.7 Å². The second-order valence-electron chi connectivity index (χ2n) is 10.8. The van der Waals surface area contributed by atoms with E-state index in [-0.39, 0.29) is 41.6 Å². The van der Waals surface area contributed by atoms with Crippen molar-refractivity contribution in [1.82, 2.24) is 20.3 Å². The summed E-state index contributed by atoms with van der Waals surface area (Å²) >= 11 is 0. The number of ether oxygens (including phenoxy) is 2. The molecule has 0 radical (unpaired) electrons. The Balaban J connectivity index is 1.45. The standard InChI is InChI=1S/C29H33FN4O4/c1-28(16-31-15-18-4-5-18)17-38-26-21(28)14-24(34-25(26)19-6-8-20(30)9-7-19)29(2,36)12-10-23(35)22-11-13-32-27(33-22)37-3/h6-9,11,13-14,18,31,36H,4-5,10,12,15-17H2,1-3H3/t28-,29-/m0/s1. The van der Waals surface area contributed by atoms with Crippen molar-refractivity contribution < 1.29 is 23.8 Å². The molecule has 2 atom stereocenters. The molecule has 1 saturated carbocycles. The van der Waals surface area contributed by atoms with Crippen LogP contribution in [0.3, 0.4) is 0 Å². The lowest BCUT2D eigenvalue weighted by Crippen LogP contribution is -2.38. The summed E-state index contributed by atoms with van der Waals surface area (Å²) in [5, 5.41) is 15.2. The maximum absolute atomic E-state index is 13.7. The van der Waals surface area contributed by atoms with Gasteiger partial charge in [0.05, 0.1) is 19.4 Å². The molecular formula is C29H33FN4O4. The summed E-state index contributed by atoms with van der Waals surface area (Å²) in [4.78, 5) is 25.7. The zero-order valence-corrected chi connectivity index (χ0v) is 22.0. The van der Waals surface area contributed by atoms with E-state index in [2.05, 4.69) is 22.2 Å². The van der Waals surface area contributed by atoms with E-state index in [1.807, 2.05) is 6.07 Å². The summed E-state index contributed by atoms with van der Waals surface area (Å²) in [6.45, 7) is 5.95. The van der Waals surface area contributed by atoms with Gasteiger partial charge in [0.25, 0.3) is 0 Å². The van der Waals surface area contributed by atoms with E-state index in [1.54, 1.807) is 19.1 Å². The molecule has 200 valence electrons. The number of carbonyl (C=O) groups is 1. The number of fused-ring (bicyclic) bond motifs is 1. The van der Waals surface area contributed by atoms with Crippen LogP contribution in [-0.2, 0) is 11.0 Å².